The summed E-state index contributed by atoms with van der Waals surface area (Å²) in [4.78, 5) is 4.21. The van der Waals surface area contributed by atoms with Crippen LogP contribution in [0.2, 0.25) is 0 Å². The molecule has 0 amide bonds. The van der Waals surface area contributed by atoms with Crippen LogP contribution in [0.15, 0.2) is 41.0 Å². The molecule has 5 nitrogen and oxygen atoms in total. The Labute approximate surface area is 149 Å². The highest BCUT2D eigenvalue weighted by atomic mass is 79.9. The standard InChI is InChI=1S/C16H18BrN3O2S/c1-21-12-5-6-14(22-2)11(10-12)7-9-19-16(23)20-15-13(17)4-3-8-18-15/h3-6,8,10H,7,9H2,1-2H3,(H2,18,19,20,23). The van der Waals surface area contributed by atoms with Crippen molar-refractivity contribution < 1.29 is 9.47 Å². The predicted molar refractivity (Wildman–Crippen MR) is 99.4 cm³/mol. The molecule has 0 aliphatic rings. The molecule has 0 saturated carbocycles. The third kappa shape index (κ3) is 5.07. The van der Waals surface area contributed by atoms with Crippen LogP contribution in [0.5, 0.6) is 11.5 Å². The van der Waals surface area contributed by atoms with Gasteiger partial charge in [-0.1, -0.05) is 0 Å². The number of methoxy groups -OCH3 is 2. The zero-order valence-electron chi connectivity index (χ0n) is 12.9. The number of aromatic nitrogens is 1. The summed E-state index contributed by atoms with van der Waals surface area (Å²) in [5, 5.41) is 6.73. The molecule has 2 rings (SSSR count). The zero-order valence-corrected chi connectivity index (χ0v) is 15.3. The van der Waals surface area contributed by atoms with Gasteiger partial charge in [0.25, 0.3) is 0 Å². The number of rotatable bonds is 6. The Morgan fingerprint density at radius 2 is 2.09 bits per heavy atom. The number of pyridine rings is 1. The van der Waals surface area contributed by atoms with Crippen molar-refractivity contribution in [3.63, 3.8) is 0 Å². The highest BCUT2D eigenvalue weighted by Crippen LogP contribution is 2.24. The van der Waals surface area contributed by atoms with Crippen molar-refractivity contribution in [3.05, 3.63) is 46.6 Å². The molecule has 1 aromatic heterocycles. The summed E-state index contributed by atoms with van der Waals surface area (Å²) in [5.74, 6) is 2.32. The SMILES string of the molecule is COc1ccc(OC)c(CCNC(=S)Nc2ncccc2Br)c1. The minimum absolute atomic E-state index is 0.520. The molecule has 7 heteroatoms. The Bertz CT molecular complexity index is 682. The van der Waals surface area contributed by atoms with Gasteiger partial charge in [0.1, 0.15) is 17.3 Å². The normalized spacial score (nSPS) is 10.0. The number of hydrogen-bond donors (Lipinski definition) is 2. The molecule has 2 N–H and O–H groups in total. The van der Waals surface area contributed by atoms with Gasteiger partial charge in [0.15, 0.2) is 5.11 Å². The third-order valence-corrected chi connectivity index (χ3v) is 4.04. The predicted octanol–water partition coefficient (Wildman–Crippen LogP) is 3.39. The summed E-state index contributed by atoms with van der Waals surface area (Å²) >= 11 is 8.70. The van der Waals surface area contributed by atoms with Gasteiger partial charge in [-0.05, 0) is 70.5 Å². The van der Waals surface area contributed by atoms with Gasteiger partial charge in [-0.25, -0.2) is 4.98 Å². The lowest BCUT2D eigenvalue weighted by Crippen LogP contribution is -2.30. The molecule has 0 radical (unpaired) electrons. The summed E-state index contributed by atoms with van der Waals surface area (Å²) in [6, 6.07) is 9.49. The van der Waals surface area contributed by atoms with Gasteiger partial charge in [0.2, 0.25) is 0 Å². The molecular weight excluding hydrogens is 378 g/mol. The van der Waals surface area contributed by atoms with E-state index in [2.05, 4.69) is 31.5 Å². The Hall–Kier alpha value is -1.86. The second-order valence-corrected chi connectivity index (χ2v) is 5.91. The molecule has 0 atom stereocenters. The van der Waals surface area contributed by atoms with E-state index in [9.17, 15) is 0 Å². The maximum Gasteiger partial charge on any atom is 0.171 e. The van der Waals surface area contributed by atoms with Gasteiger partial charge in [0, 0.05) is 12.7 Å². The van der Waals surface area contributed by atoms with E-state index in [-0.39, 0.29) is 0 Å². The van der Waals surface area contributed by atoms with Crippen molar-refractivity contribution in [1.82, 2.24) is 10.3 Å². The van der Waals surface area contributed by atoms with E-state index < -0.39 is 0 Å². The summed E-state index contributed by atoms with van der Waals surface area (Å²) < 4.78 is 11.5. The van der Waals surface area contributed by atoms with Crippen LogP contribution >= 0.6 is 28.1 Å². The quantitative estimate of drug-likeness (QED) is 0.731. The van der Waals surface area contributed by atoms with E-state index in [1.54, 1.807) is 20.4 Å². The molecule has 0 spiro atoms. The average molecular weight is 396 g/mol. The molecule has 2 aromatic rings. The minimum atomic E-state index is 0.520. The molecule has 0 aliphatic heterocycles. The number of benzene rings is 1. The summed E-state index contributed by atoms with van der Waals surface area (Å²) in [7, 11) is 3.30. The number of nitrogens with zero attached hydrogens (tertiary/aromatic N) is 1. The second kappa shape index (κ2) is 8.69. The van der Waals surface area contributed by atoms with Crippen LogP contribution in [0.25, 0.3) is 0 Å². The first-order valence-electron chi connectivity index (χ1n) is 7.00. The number of ether oxygens (including phenoxy) is 2. The molecular formula is C16H18BrN3O2S. The van der Waals surface area contributed by atoms with Gasteiger partial charge in [-0.15, -0.1) is 0 Å². The van der Waals surface area contributed by atoms with Crippen LogP contribution in [0.1, 0.15) is 5.56 Å². The van der Waals surface area contributed by atoms with Gasteiger partial charge < -0.3 is 20.1 Å². The molecule has 1 heterocycles. The Balaban J connectivity index is 1.89. The van der Waals surface area contributed by atoms with Crippen LogP contribution in [-0.2, 0) is 6.42 Å². The molecule has 23 heavy (non-hydrogen) atoms. The monoisotopic (exact) mass is 395 g/mol. The van der Waals surface area contributed by atoms with Crippen LogP contribution in [0.3, 0.4) is 0 Å². The lowest BCUT2D eigenvalue weighted by atomic mass is 10.1. The largest absolute Gasteiger partial charge is 0.497 e. The van der Waals surface area contributed by atoms with Gasteiger partial charge >= 0.3 is 0 Å². The number of anilines is 1. The number of nitrogens with one attached hydrogen (secondary N) is 2. The van der Waals surface area contributed by atoms with Gasteiger partial charge in [-0.2, -0.15) is 0 Å². The van der Waals surface area contributed by atoms with Crippen molar-refractivity contribution in [1.29, 1.82) is 0 Å². The second-order valence-electron chi connectivity index (χ2n) is 4.64. The van der Waals surface area contributed by atoms with Gasteiger partial charge in [-0.3, -0.25) is 0 Å². The summed E-state index contributed by atoms with van der Waals surface area (Å²) in [6.07, 6.45) is 2.46. The first-order valence-corrected chi connectivity index (χ1v) is 8.20. The topological polar surface area (TPSA) is 55.4 Å². The highest BCUT2D eigenvalue weighted by molar-refractivity contribution is 9.10. The first kappa shape index (κ1) is 17.5. The van der Waals surface area contributed by atoms with Crippen molar-refractivity contribution in [2.24, 2.45) is 0 Å². The minimum Gasteiger partial charge on any atom is -0.497 e. The zero-order chi connectivity index (χ0) is 16.7. The van der Waals surface area contributed by atoms with Gasteiger partial charge in [0.05, 0.1) is 18.7 Å². The Morgan fingerprint density at radius 1 is 1.26 bits per heavy atom. The smallest absolute Gasteiger partial charge is 0.171 e. The molecule has 0 unspecified atom stereocenters. The van der Waals surface area contributed by atoms with E-state index >= 15 is 0 Å². The van der Waals surface area contributed by atoms with E-state index in [1.165, 1.54) is 0 Å². The van der Waals surface area contributed by atoms with Crippen molar-refractivity contribution in [3.8, 4) is 11.5 Å². The third-order valence-electron chi connectivity index (χ3n) is 3.16. The Kier molecular flexibility index (Phi) is 6.61. The van der Waals surface area contributed by atoms with E-state index in [0.717, 1.165) is 28.0 Å². The van der Waals surface area contributed by atoms with Crippen LogP contribution in [0, 0.1) is 0 Å². The molecule has 122 valence electrons. The summed E-state index contributed by atoms with van der Waals surface area (Å²) in [5.41, 5.74) is 1.06. The highest BCUT2D eigenvalue weighted by Gasteiger charge is 2.06. The van der Waals surface area contributed by atoms with E-state index in [1.807, 2.05) is 30.3 Å². The summed E-state index contributed by atoms with van der Waals surface area (Å²) in [6.45, 7) is 0.666. The molecule has 1 aromatic carbocycles. The molecule has 0 aliphatic carbocycles. The van der Waals surface area contributed by atoms with Crippen molar-refractivity contribution in [2.45, 2.75) is 6.42 Å². The van der Waals surface area contributed by atoms with Crippen LogP contribution < -0.4 is 20.1 Å². The number of thiocarbonyl (C=S) groups is 1. The maximum atomic E-state index is 5.37. The van der Waals surface area contributed by atoms with E-state index in [4.69, 9.17) is 21.7 Å². The average Bonchev–Trinajstić information content (AvgIpc) is 2.57. The van der Waals surface area contributed by atoms with Crippen molar-refractivity contribution in [2.75, 3.05) is 26.1 Å². The number of halogens is 1. The Morgan fingerprint density at radius 3 is 2.78 bits per heavy atom. The van der Waals surface area contributed by atoms with E-state index in [0.29, 0.717) is 17.5 Å². The molecule has 0 bridgehead atoms. The first-order chi connectivity index (χ1) is 11.1. The molecule has 0 saturated heterocycles. The molecule has 0 fully saturated rings. The number of hydrogen-bond acceptors (Lipinski definition) is 4. The van der Waals surface area contributed by atoms with Crippen molar-refractivity contribution >= 4 is 39.1 Å². The maximum absolute atomic E-state index is 5.37. The fraction of sp³-hybridized carbons (Fsp3) is 0.250. The van der Waals surface area contributed by atoms with Crippen LogP contribution in [-0.4, -0.2) is 30.9 Å². The lowest BCUT2D eigenvalue weighted by Gasteiger charge is -2.13. The lowest BCUT2D eigenvalue weighted by molar-refractivity contribution is 0.398. The van der Waals surface area contributed by atoms with Crippen LogP contribution in [0.4, 0.5) is 5.82 Å². The fourth-order valence-corrected chi connectivity index (χ4v) is 2.57. The fourth-order valence-electron chi connectivity index (χ4n) is 2.02.